The van der Waals surface area contributed by atoms with Gasteiger partial charge >= 0.3 is 5.69 Å². The van der Waals surface area contributed by atoms with E-state index in [1.165, 1.54) is 25.6 Å². The molecule has 3 aromatic rings. The molecule has 0 amide bonds. The fourth-order valence-electron chi connectivity index (χ4n) is 6.89. The number of hydrogen-bond acceptors (Lipinski definition) is 7. The first kappa shape index (κ1) is 21.0. The summed E-state index contributed by atoms with van der Waals surface area (Å²) in [6.45, 7) is 0.409. The quantitative estimate of drug-likeness (QED) is 0.370. The van der Waals surface area contributed by atoms with Crippen molar-refractivity contribution in [2.24, 2.45) is 17.8 Å². The first-order valence-corrected chi connectivity index (χ1v) is 12.1. The molecule has 4 aliphatic carbocycles. The highest BCUT2D eigenvalue weighted by molar-refractivity contribution is 5.75. The van der Waals surface area contributed by atoms with Gasteiger partial charge in [-0.2, -0.15) is 0 Å². The van der Waals surface area contributed by atoms with Gasteiger partial charge in [0.2, 0.25) is 11.6 Å². The number of pyridine rings is 1. The zero-order chi connectivity index (χ0) is 23.1. The molecule has 4 fully saturated rings. The molecule has 8 heteroatoms. The molecule has 2 aromatic heterocycles. The zero-order valence-corrected chi connectivity index (χ0v) is 19.0. The number of nitrogens with one attached hydrogen (secondary N) is 1. The average Bonchev–Trinajstić information content (AvgIpc) is 2.82. The van der Waals surface area contributed by atoms with Crippen LogP contribution in [0.3, 0.4) is 0 Å². The van der Waals surface area contributed by atoms with Crippen LogP contribution in [0.5, 0.6) is 0 Å². The molecule has 0 saturated heterocycles. The van der Waals surface area contributed by atoms with Crippen molar-refractivity contribution < 1.29 is 4.92 Å². The summed E-state index contributed by atoms with van der Waals surface area (Å²) in [7, 11) is 0. The van der Waals surface area contributed by atoms with Crippen molar-refractivity contribution in [3.05, 3.63) is 76.7 Å². The summed E-state index contributed by atoms with van der Waals surface area (Å²) in [6, 6.07) is 15.4. The topological polar surface area (TPSA) is 97.1 Å². The zero-order valence-electron chi connectivity index (χ0n) is 19.0. The van der Waals surface area contributed by atoms with Gasteiger partial charge in [-0.1, -0.05) is 36.4 Å². The van der Waals surface area contributed by atoms with Crippen molar-refractivity contribution in [2.45, 2.75) is 50.6 Å². The van der Waals surface area contributed by atoms with Crippen molar-refractivity contribution in [2.75, 3.05) is 10.2 Å². The Balaban J connectivity index is 1.41. The Hall–Kier alpha value is -3.55. The Kier molecular flexibility index (Phi) is 5.16. The van der Waals surface area contributed by atoms with Gasteiger partial charge in [0, 0.05) is 11.7 Å². The minimum absolute atomic E-state index is 0.0835. The molecule has 4 bridgehead atoms. The van der Waals surface area contributed by atoms with E-state index < -0.39 is 0 Å². The third kappa shape index (κ3) is 3.87. The molecule has 34 heavy (non-hydrogen) atoms. The van der Waals surface area contributed by atoms with Crippen LogP contribution in [-0.2, 0) is 6.54 Å². The van der Waals surface area contributed by atoms with Gasteiger partial charge in [-0.05, 0) is 74.0 Å². The van der Waals surface area contributed by atoms with E-state index in [1.807, 2.05) is 48.5 Å². The van der Waals surface area contributed by atoms with E-state index in [0.29, 0.717) is 18.2 Å². The van der Waals surface area contributed by atoms with Crippen molar-refractivity contribution in [3.8, 4) is 0 Å². The predicted molar refractivity (Wildman–Crippen MR) is 130 cm³/mol. The normalized spacial score (nSPS) is 26.9. The monoisotopic (exact) mass is 456 g/mol. The van der Waals surface area contributed by atoms with Gasteiger partial charge < -0.3 is 10.2 Å². The van der Waals surface area contributed by atoms with Gasteiger partial charge in [0.1, 0.15) is 12.1 Å². The first-order valence-electron chi connectivity index (χ1n) is 12.1. The molecule has 0 spiro atoms. The number of anilines is 3. The Labute approximate surface area is 198 Å². The average molecular weight is 457 g/mol. The van der Waals surface area contributed by atoms with Gasteiger partial charge in [0.05, 0.1) is 11.5 Å². The summed E-state index contributed by atoms with van der Waals surface area (Å²) in [5.41, 5.74) is 0.830. The summed E-state index contributed by atoms with van der Waals surface area (Å²) in [4.78, 5) is 27.2. The molecule has 0 unspecified atom stereocenters. The van der Waals surface area contributed by atoms with E-state index in [-0.39, 0.29) is 22.0 Å². The SMILES string of the molecule is O=[N+]([O-])c1c(NC23CC4CC(CC(C4)C2)C3)ncnc1N(Cc1ccccc1)c1ccccn1. The number of nitrogens with zero attached hydrogens (tertiary/aromatic N) is 5. The van der Waals surface area contributed by atoms with Crippen molar-refractivity contribution >= 4 is 23.1 Å². The molecule has 1 aromatic carbocycles. The molecular weight excluding hydrogens is 428 g/mol. The molecule has 2 heterocycles. The van der Waals surface area contributed by atoms with Gasteiger partial charge in [-0.15, -0.1) is 0 Å². The lowest BCUT2D eigenvalue weighted by Gasteiger charge is -2.57. The second kappa shape index (κ2) is 8.34. The van der Waals surface area contributed by atoms with Crippen LogP contribution in [0, 0.1) is 27.9 Å². The summed E-state index contributed by atoms with van der Waals surface area (Å²) in [5, 5.41) is 16.1. The van der Waals surface area contributed by atoms with Crippen LogP contribution in [-0.4, -0.2) is 25.4 Å². The van der Waals surface area contributed by atoms with Crippen LogP contribution in [0.2, 0.25) is 0 Å². The Morgan fingerprint density at radius 2 is 1.62 bits per heavy atom. The number of nitro groups is 1. The molecule has 1 N–H and O–H groups in total. The highest BCUT2D eigenvalue weighted by Crippen LogP contribution is 2.57. The van der Waals surface area contributed by atoms with Gasteiger partial charge in [0.15, 0.2) is 0 Å². The van der Waals surface area contributed by atoms with E-state index >= 15 is 0 Å². The molecular formula is C26H28N6O2. The van der Waals surface area contributed by atoms with Crippen molar-refractivity contribution in [3.63, 3.8) is 0 Å². The molecule has 4 saturated carbocycles. The number of benzene rings is 1. The summed E-state index contributed by atoms with van der Waals surface area (Å²) in [6.07, 6.45) is 10.3. The molecule has 0 atom stereocenters. The third-order valence-corrected chi connectivity index (χ3v) is 7.77. The maximum Gasteiger partial charge on any atom is 0.353 e. The van der Waals surface area contributed by atoms with Crippen LogP contribution >= 0.6 is 0 Å². The standard InChI is InChI=1S/C26H28N6O2/c33-32(34)23-24(30-26-13-19-10-20(14-26)12-21(11-19)15-26)28-17-29-25(23)31(22-8-4-5-9-27-22)16-18-6-2-1-3-7-18/h1-9,17,19-21H,10-16H2,(H,28,29,30). The van der Waals surface area contributed by atoms with E-state index in [2.05, 4.69) is 20.3 Å². The van der Waals surface area contributed by atoms with Gasteiger partial charge in [-0.25, -0.2) is 15.0 Å². The Bertz CT molecular complexity index is 1150. The largest absolute Gasteiger partial charge is 0.359 e. The summed E-state index contributed by atoms with van der Waals surface area (Å²) >= 11 is 0. The highest BCUT2D eigenvalue weighted by atomic mass is 16.6. The second-order valence-electron chi connectivity index (χ2n) is 10.2. The maximum atomic E-state index is 12.5. The van der Waals surface area contributed by atoms with E-state index in [9.17, 15) is 10.1 Å². The number of rotatable bonds is 7. The lowest BCUT2D eigenvalue weighted by Crippen LogP contribution is -2.55. The van der Waals surface area contributed by atoms with Crippen molar-refractivity contribution in [1.82, 2.24) is 15.0 Å². The van der Waals surface area contributed by atoms with E-state index in [4.69, 9.17) is 0 Å². The fraction of sp³-hybridized carbons (Fsp3) is 0.423. The predicted octanol–water partition coefficient (Wildman–Crippen LogP) is 5.50. The van der Waals surface area contributed by atoms with Crippen molar-refractivity contribution in [1.29, 1.82) is 0 Å². The number of hydrogen-bond donors (Lipinski definition) is 1. The minimum atomic E-state index is -0.348. The smallest absolute Gasteiger partial charge is 0.353 e. The van der Waals surface area contributed by atoms with Crippen LogP contribution in [0.1, 0.15) is 44.1 Å². The Morgan fingerprint density at radius 1 is 0.941 bits per heavy atom. The maximum absolute atomic E-state index is 12.5. The fourth-order valence-corrected chi connectivity index (χ4v) is 6.89. The second-order valence-corrected chi connectivity index (χ2v) is 10.2. The van der Waals surface area contributed by atoms with Crippen LogP contribution in [0.4, 0.5) is 23.1 Å². The summed E-state index contributed by atoms with van der Waals surface area (Å²) in [5.74, 6) is 3.36. The third-order valence-electron chi connectivity index (χ3n) is 7.77. The van der Waals surface area contributed by atoms with E-state index in [1.54, 1.807) is 11.1 Å². The lowest BCUT2D eigenvalue weighted by molar-refractivity contribution is -0.383. The van der Waals surface area contributed by atoms with Gasteiger partial charge in [0.25, 0.3) is 0 Å². The number of aromatic nitrogens is 3. The van der Waals surface area contributed by atoms with Crippen LogP contribution in [0.15, 0.2) is 61.1 Å². The lowest BCUT2D eigenvalue weighted by atomic mass is 9.53. The molecule has 0 aliphatic heterocycles. The van der Waals surface area contributed by atoms with Gasteiger partial charge in [-0.3, -0.25) is 10.1 Å². The van der Waals surface area contributed by atoms with Crippen LogP contribution in [0.25, 0.3) is 0 Å². The molecule has 8 nitrogen and oxygen atoms in total. The highest BCUT2D eigenvalue weighted by Gasteiger charge is 2.51. The molecule has 0 radical (unpaired) electrons. The Morgan fingerprint density at radius 3 is 2.24 bits per heavy atom. The minimum Gasteiger partial charge on any atom is -0.359 e. The molecule has 4 aliphatic rings. The van der Waals surface area contributed by atoms with E-state index in [0.717, 1.165) is 42.6 Å². The molecule has 7 rings (SSSR count). The first-order chi connectivity index (χ1) is 16.6. The summed E-state index contributed by atoms with van der Waals surface area (Å²) < 4.78 is 0. The molecule has 174 valence electrons. The van der Waals surface area contributed by atoms with Crippen LogP contribution < -0.4 is 10.2 Å².